The summed E-state index contributed by atoms with van der Waals surface area (Å²) < 4.78 is 0. The molecule has 0 saturated heterocycles. The van der Waals surface area contributed by atoms with Crippen molar-refractivity contribution >= 4 is 29.1 Å². The number of hydrogen-bond acceptors (Lipinski definition) is 2. The molecule has 2 N–H and O–H groups in total. The zero-order chi connectivity index (χ0) is 18.4. The predicted molar refractivity (Wildman–Crippen MR) is 102 cm³/mol. The van der Waals surface area contributed by atoms with Crippen LogP contribution in [0.3, 0.4) is 0 Å². The molecule has 0 heterocycles. The first-order valence-corrected chi connectivity index (χ1v) is 8.54. The van der Waals surface area contributed by atoms with Crippen LogP contribution in [-0.4, -0.2) is 11.8 Å². The van der Waals surface area contributed by atoms with Crippen molar-refractivity contribution in [2.75, 3.05) is 5.32 Å². The lowest BCUT2D eigenvalue weighted by Gasteiger charge is -2.19. The maximum atomic E-state index is 12.0. The smallest absolute Gasteiger partial charge is 0.233 e. The third-order valence-electron chi connectivity index (χ3n) is 3.79. The van der Waals surface area contributed by atoms with Gasteiger partial charge in [0.1, 0.15) is 6.42 Å². The van der Waals surface area contributed by atoms with E-state index in [1.807, 2.05) is 42.5 Å². The Labute approximate surface area is 153 Å². The molecular formula is C20H23ClN2O2. The molecule has 0 unspecified atom stereocenters. The molecule has 0 aliphatic heterocycles. The van der Waals surface area contributed by atoms with Crippen molar-refractivity contribution in [3.05, 3.63) is 64.7 Å². The molecule has 2 amide bonds. The Balaban J connectivity index is 1.83. The molecule has 0 bridgehead atoms. The van der Waals surface area contributed by atoms with Gasteiger partial charge in [0, 0.05) is 17.3 Å². The van der Waals surface area contributed by atoms with E-state index >= 15 is 0 Å². The number of halogens is 1. The van der Waals surface area contributed by atoms with Crippen molar-refractivity contribution in [3.63, 3.8) is 0 Å². The molecule has 0 radical (unpaired) electrons. The maximum Gasteiger partial charge on any atom is 0.233 e. The van der Waals surface area contributed by atoms with Gasteiger partial charge in [0.05, 0.1) is 0 Å². The van der Waals surface area contributed by atoms with Crippen molar-refractivity contribution < 1.29 is 9.59 Å². The molecule has 0 aromatic heterocycles. The number of carbonyl (C=O) groups excluding carboxylic acids is 2. The van der Waals surface area contributed by atoms with Crippen LogP contribution in [0.2, 0.25) is 5.02 Å². The highest BCUT2D eigenvalue weighted by molar-refractivity contribution is 6.31. The SMILES string of the molecule is CC(C)(C)c1ccc(NC(=O)CC(=O)NCc2ccccc2Cl)cc1. The Hall–Kier alpha value is -2.33. The minimum absolute atomic E-state index is 0.0567. The average molecular weight is 359 g/mol. The maximum absolute atomic E-state index is 12.0. The van der Waals surface area contributed by atoms with Gasteiger partial charge in [-0.05, 0) is 34.7 Å². The molecule has 5 heteroatoms. The highest BCUT2D eigenvalue weighted by atomic mass is 35.5. The fraction of sp³-hybridized carbons (Fsp3) is 0.300. The Morgan fingerprint density at radius 1 is 0.960 bits per heavy atom. The number of rotatable bonds is 5. The molecule has 0 aliphatic rings. The van der Waals surface area contributed by atoms with Crippen LogP contribution in [0, 0.1) is 0 Å². The summed E-state index contributed by atoms with van der Waals surface area (Å²) in [6.45, 7) is 6.68. The number of benzene rings is 2. The lowest BCUT2D eigenvalue weighted by atomic mass is 9.87. The van der Waals surface area contributed by atoms with Crippen molar-refractivity contribution in [1.29, 1.82) is 0 Å². The van der Waals surface area contributed by atoms with Crippen molar-refractivity contribution in [1.82, 2.24) is 5.32 Å². The highest BCUT2D eigenvalue weighted by Crippen LogP contribution is 2.23. The topological polar surface area (TPSA) is 58.2 Å². The number of hydrogen-bond donors (Lipinski definition) is 2. The molecule has 2 aromatic carbocycles. The fourth-order valence-corrected chi connectivity index (χ4v) is 2.51. The molecule has 25 heavy (non-hydrogen) atoms. The zero-order valence-corrected chi connectivity index (χ0v) is 15.5. The van der Waals surface area contributed by atoms with Crippen LogP contribution < -0.4 is 10.6 Å². The Bertz CT molecular complexity index is 749. The van der Waals surface area contributed by atoms with Gasteiger partial charge in [0.15, 0.2) is 0 Å². The van der Waals surface area contributed by atoms with Gasteiger partial charge >= 0.3 is 0 Å². The van der Waals surface area contributed by atoms with E-state index in [0.717, 1.165) is 5.56 Å². The summed E-state index contributed by atoms with van der Waals surface area (Å²) in [6.07, 6.45) is -0.231. The summed E-state index contributed by atoms with van der Waals surface area (Å²) in [7, 11) is 0. The average Bonchev–Trinajstić information content (AvgIpc) is 2.53. The van der Waals surface area contributed by atoms with E-state index in [4.69, 9.17) is 11.6 Å². The summed E-state index contributed by atoms with van der Waals surface area (Å²) >= 11 is 6.03. The van der Waals surface area contributed by atoms with Crippen molar-refractivity contribution in [2.24, 2.45) is 0 Å². The van der Waals surface area contributed by atoms with Gasteiger partial charge in [-0.2, -0.15) is 0 Å². The quantitative estimate of drug-likeness (QED) is 0.783. The summed E-state index contributed by atoms with van der Waals surface area (Å²) in [4.78, 5) is 23.9. The molecule has 0 saturated carbocycles. The summed E-state index contributed by atoms with van der Waals surface area (Å²) in [5.41, 5.74) is 2.73. The molecule has 0 aliphatic carbocycles. The van der Waals surface area contributed by atoms with E-state index in [-0.39, 0.29) is 23.7 Å². The third kappa shape index (κ3) is 5.91. The molecule has 2 rings (SSSR count). The molecule has 2 aromatic rings. The minimum atomic E-state index is -0.347. The normalized spacial score (nSPS) is 11.0. The summed E-state index contributed by atoms with van der Waals surface area (Å²) in [5, 5.41) is 6.03. The van der Waals surface area contributed by atoms with Gasteiger partial charge in [0.25, 0.3) is 0 Å². The second-order valence-electron chi connectivity index (χ2n) is 6.92. The Morgan fingerprint density at radius 3 is 2.20 bits per heavy atom. The van der Waals surface area contributed by atoms with Crippen LogP contribution >= 0.6 is 11.6 Å². The minimum Gasteiger partial charge on any atom is -0.352 e. The van der Waals surface area contributed by atoms with E-state index < -0.39 is 0 Å². The van der Waals surface area contributed by atoms with E-state index in [2.05, 4.69) is 31.4 Å². The third-order valence-corrected chi connectivity index (χ3v) is 4.16. The first-order valence-electron chi connectivity index (χ1n) is 8.16. The Kier molecular flexibility index (Phi) is 6.21. The van der Waals surface area contributed by atoms with Crippen LogP contribution in [0.15, 0.2) is 48.5 Å². The number of anilines is 1. The van der Waals surface area contributed by atoms with Crippen LogP contribution in [-0.2, 0) is 21.5 Å². The molecule has 0 atom stereocenters. The molecule has 4 nitrogen and oxygen atoms in total. The predicted octanol–water partition coefficient (Wildman–Crippen LogP) is 4.28. The van der Waals surface area contributed by atoms with Gasteiger partial charge in [-0.25, -0.2) is 0 Å². The standard InChI is InChI=1S/C20H23ClN2O2/c1-20(2,3)15-8-10-16(11-9-15)23-19(25)12-18(24)22-13-14-6-4-5-7-17(14)21/h4-11H,12-13H2,1-3H3,(H,22,24)(H,23,25). The van der Waals surface area contributed by atoms with E-state index in [0.29, 0.717) is 17.3 Å². The second-order valence-corrected chi connectivity index (χ2v) is 7.33. The van der Waals surface area contributed by atoms with Crippen LogP contribution in [0.25, 0.3) is 0 Å². The van der Waals surface area contributed by atoms with E-state index in [1.54, 1.807) is 6.07 Å². The first kappa shape index (κ1) is 19.0. The monoisotopic (exact) mass is 358 g/mol. The van der Waals surface area contributed by atoms with Crippen molar-refractivity contribution in [2.45, 2.75) is 39.2 Å². The van der Waals surface area contributed by atoms with Gasteiger partial charge in [-0.15, -0.1) is 0 Å². The summed E-state index contributed by atoms with van der Waals surface area (Å²) in [5.74, 6) is -0.691. The van der Waals surface area contributed by atoms with Crippen LogP contribution in [0.1, 0.15) is 38.3 Å². The zero-order valence-electron chi connectivity index (χ0n) is 14.7. The number of carbonyl (C=O) groups is 2. The fourth-order valence-electron chi connectivity index (χ4n) is 2.30. The van der Waals surface area contributed by atoms with E-state index in [9.17, 15) is 9.59 Å². The van der Waals surface area contributed by atoms with Gasteiger partial charge in [-0.1, -0.05) is 62.7 Å². The van der Waals surface area contributed by atoms with Crippen LogP contribution in [0.4, 0.5) is 5.69 Å². The second kappa shape index (κ2) is 8.17. The highest BCUT2D eigenvalue weighted by Gasteiger charge is 2.14. The number of nitrogens with one attached hydrogen (secondary N) is 2. The Morgan fingerprint density at radius 2 is 1.60 bits per heavy atom. The first-order chi connectivity index (χ1) is 11.8. The molecule has 0 spiro atoms. The summed E-state index contributed by atoms with van der Waals surface area (Å²) in [6, 6.07) is 14.9. The largest absolute Gasteiger partial charge is 0.352 e. The van der Waals surface area contributed by atoms with Gasteiger partial charge in [-0.3, -0.25) is 9.59 Å². The lowest BCUT2D eigenvalue weighted by molar-refractivity contribution is -0.126. The van der Waals surface area contributed by atoms with Crippen molar-refractivity contribution in [3.8, 4) is 0 Å². The lowest BCUT2D eigenvalue weighted by Crippen LogP contribution is -2.27. The van der Waals surface area contributed by atoms with Crippen LogP contribution in [0.5, 0.6) is 0 Å². The van der Waals surface area contributed by atoms with Gasteiger partial charge in [0.2, 0.25) is 11.8 Å². The molecule has 132 valence electrons. The number of amides is 2. The molecular weight excluding hydrogens is 336 g/mol. The van der Waals surface area contributed by atoms with Gasteiger partial charge < -0.3 is 10.6 Å². The van der Waals surface area contributed by atoms with E-state index in [1.165, 1.54) is 5.56 Å². The molecule has 0 fully saturated rings.